The predicted octanol–water partition coefficient (Wildman–Crippen LogP) is 1.23. The highest BCUT2D eigenvalue weighted by Crippen LogP contribution is 2.14. The Morgan fingerprint density at radius 2 is 2.21 bits per heavy atom. The van der Waals surface area contributed by atoms with E-state index >= 15 is 0 Å². The molecule has 1 aromatic rings. The summed E-state index contributed by atoms with van der Waals surface area (Å²) in [5.74, 6) is 0.659. The molecule has 1 saturated heterocycles. The molecule has 0 bridgehead atoms. The molecular weight excluding hydrogens is 240 g/mol. The zero-order chi connectivity index (χ0) is 13.5. The molecule has 2 rings (SSSR count). The van der Waals surface area contributed by atoms with Crippen molar-refractivity contribution in [1.82, 2.24) is 10.6 Å². The molecule has 1 aromatic carbocycles. The average molecular weight is 262 g/mol. The molecule has 0 saturated carbocycles. The van der Waals surface area contributed by atoms with E-state index in [1.54, 1.807) is 0 Å². The first-order valence-electron chi connectivity index (χ1n) is 6.96. The van der Waals surface area contributed by atoms with E-state index in [9.17, 15) is 9.90 Å². The molecule has 2 unspecified atom stereocenters. The van der Waals surface area contributed by atoms with Crippen LogP contribution in [0.5, 0.6) is 0 Å². The van der Waals surface area contributed by atoms with Gasteiger partial charge in [0, 0.05) is 13.0 Å². The summed E-state index contributed by atoms with van der Waals surface area (Å²) in [6.45, 7) is 2.38. The van der Waals surface area contributed by atoms with Crippen molar-refractivity contribution in [1.29, 1.82) is 0 Å². The molecular formula is C15H22N2O2. The summed E-state index contributed by atoms with van der Waals surface area (Å²) >= 11 is 0. The van der Waals surface area contributed by atoms with Gasteiger partial charge in [-0.25, -0.2) is 0 Å². The predicted molar refractivity (Wildman–Crippen MR) is 74.6 cm³/mol. The smallest absolute Gasteiger partial charge is 0.220 e. The minimum absolute atomic E-state index is 0.0295. The number of rotatable bonds is 6. The normalized spacial score (nSPS) is 20.2. The Hall–Kier alpha value is -1.39. The fraction of sp³-hybridized carbons (Fsp3) is 0.533. The van der Waals surface area contributed by atoms with Crippen LogP contribution in [0.15, 0.2) is 30.3 Å². The van der Waals surface area contributed by atoms with Gasteiger partial charge in [0.2, 0.25) is 5.91 Å². The van der Waals surface area contributed by atoms with E-state index in [-0.39, 0.29) is 12.5 Å². The van der Waals surface area contributed by atoms with Crippen molar-refractivity contribution in [2.24, 2.45) is 5.92 Å². The molecule has 2 atom stereocenters. The Balaban J connectivity index is 1.65. The third-order valence-corrected chi connectivity index (χ3v) is 3.62. The lowest BCUT2D eigenvalue weighted by molar-refractivity contribution is -0.121. The van der Waals surface area contributed by atoms with E-state index in [4.69, 9.17) is 0 Å². The maximum Gasteiger partial charge on any atom is 0.220 e. The molecule has 1 fully saturated rings. The van der Waals surface area contributed by atoms with Gasteiger partial charge in [-0.3, -0.25) is 4.79 Å². The number of aliphatic hydroxyl groups excluding tert-OH is 1. The van der Waals surface area contributed by atoms with Gasteiger partial charge in [0.25, 0.3) is 0 Å². The first kappa shape index (κ1) is 14.0. The van der Waals surface area contributed by atoms with Crippen molar-refractivity contribution in [3.8, 4) is 0 Å². The molecule has 0 aliphatic carbocycles. The first-order valence-corrected chi connectivity index (χ1v) is 6.96. The van der Waals surface area contributed by atoms with Gasteiger partial charge in [-0.05, 0) is 37.4 Å². The lowest BCUT2D eigenvalue weighted by Crippen LogP contribution is -2.28. The SMILES string of the molecule is O=C(CCC1CCNC1)NCC(O)c1ccccc1. The van der Waals surface area contributed by atoms with E-state index in [1.807, 2.05) is 30.3 Å². The van der Waals surface area contributed by atoms with E-state index < -0.39 is 6.10 Å². The van der Waals surface area contributed by atoms with Crippen LogP contribution in [0, 0.1) is 5.92 Å². The maximum absolute atomic E-state index is 11.7. The summed E-state index contributed by atoms with van der Waals surface area (Å²) in [7, 11) is 0. The first-order chi connectivity index (χ1) is 9.25. The Bertz CT molecular complexity index is 388. The zero-order valence-electron chi connectivity index (χ0n) is 11.1. The lowest BCUT2D eigenvalue weighted by Gasteiger charge is -2.13. The van der Waals surface area contributed by atoms with Gasteiger partial charge in [-0.15, -0.1) is 0 Å². The topological polar surface area (TPSA) is 61.4 Å². The fourth-order valence-corrected chi connectivity index (χ4v) is 2.39. The van der Waals surface area contributed by atoms with Gasteiger partial charge in [-0.2, -0.15) is 0 Å². The summed E-state index contributed by atoms with van der Waals surface area (Å²) in [4.78, 5) is 11.7. The minimum Gasteiger partial charge on any atom is -0.387 e. The number of amides is 1. The van der Waals surface area contributed by atoms with E-state index in [0.717, 1.165) is 25.1 Å². The molecule has 1 aliphatic heterocycles. The van der Waals surface area contributed by atoms with Gasteiger partial charge < -0.3 is 15.7 Å². The Kier molecular flexibility index (Phi) is 5.36. The van der Waals surface area contributed by atoms with Crippen LogP contribution in [0.1, 0.15) is 30.9 Å². The molecule has 1 amide bonds. The monoisotopic (exact) mass is 262 g/mol. The molecule has 0 radical (unpaired) electrons. The summed E-state index contributed by atoms with van der Waals surface area (Å²) in [6.07, 6.45) is 2.02. The summed E-state index contributed by atoms with van der Waals surface area (Å²) < 4.78 is 0. The second-order valence-electron chi connectivity index (χ2n) is 5.13. The zero-order valence-corrected chi connectivity index (χ0v) is 11.1. The standard InChI is InChI=1S/C15H22N2O2/c18-14(13-4-2-1-3-5-13)11-17-15(19)7-6-12-8-9-16-10-12/h1-5,12,14,16,18H,6-11H2,(H,17,19). The number of benzene rings is 1. The quantitative estimate of drug-likeness (QED) is 0.722. The molecule has 104 valence electrons. The van der Waals surface area contributed by atoms with Gasteiger partial charge in [0.05, 0.1) is 6.10 Å². The highest BCUT2D eigenvalue weighted by molar-refractivity contribution is 5.75. The van der Waals surface area contributed by atoms with Gasteiger partial charge >= 0.3 is 0 Å². The molecule has 1 heterocycles. The van der Waals surface area contributed by atoms with Crippen LogP contribution in [-0.4, -0.2) is 30.6 Å². The second kappa shape index (κ2) is 7.26. The Morgan fingerprint density at radius 1 is 1.42 bits per heavy atom. The number of hydrogen-bond donors (Lipinski definition) is 3. The van der Waals surface area contributed by atoms with Crippen molar-refractivity contribution >= 4 is 5.91 Å². The summed E-state index contributed by atoms with van der Waals surface area (Å²) in [5, 5.41) is 16.0. The fourth-order valence-electron chi connectivity index (χ4n) is 2.39. The number of carbonyl (C=O) groups is 1. The van der Waals surface area contributed by atoms with Crippen LogP contribution in [0.4, 0.5) is 0 Å². The van der Waals surface area contributed by atoms with Gasteiger partial charge in [0.15, 0.2) is 0 Å². The van der Waals surface area contributed by atoms with Crippen LogP contribution in [-0.2, 0) is 4.79 Å². The molecule has 1 aliphatic rings. The van der Waals surface area contributed by atoms with Crippen LogP contribution >= 0.6 is 0 Å². The van der Waals surface area contributed by atoms with Gasteiger partial charge in [-0.1, -0.05) is 30.3 Å². The Morgan fingerprint density at radius 3 is 2.89 bits per heavy atom. The van der Waals surface area contributed by atoms with Crippen molar-refractivity contribution in [3.05, 3.63) is 35.9 Å². The average Bonchev–Trinajstić information content (AvgIpc) is 2.96. The van der Waals surface area contributed by atoms with Crippen molar-refractivity contribution in [2.45, 2.75) is 25.4 Å². The molecule has 4 heteroatoms. The van der Waals surface area contributed by atoms with Crippen molar-refractivity contribution in [2.75, 3.05) is 19.6 Å². The lowest BCUT2D eigenvalue weighted by atomic mass is 10.0. The third-order valence-electron chi connectivity index (χ3n) is 3.62. The maximum atomic E-state index is 11.7. The van der Waals surface area contributed by atoms with E-state index in [2.05, 4.69) is 10.6 Å². The molecule has 0 spiro atoms. The number of hydrogen-bond acceptors (Lipinski definition) is 3. The van der Waals surface area contributed by atoms with E-state index in [1.165, 1.54) is 6.42 Å². The highest BCUT2D eigenvalue weighted by Gasteiger charge is 2.16. The van der Waals surface area contributed by atoms with Crippen LogP contribution in [0.3, 0.4) is 0 Å². The van der Waals surface area contributed by atoms with Crippen molar-refractivity contribution < 1.29 is 9.90 Å². The van der Waals surface area contributed by atoms with Crippen molar-refractivity contribution in [3.63, 3.8) is 0 Å². The molecule has 0 aromatic heterocycles. The minimum atomic E-state index is -0.627. The number of aliphatic hydroxyl groups is 1. The van der Waals surface area contributed by atoms with Gasteiger partial charge in [0.1, 0.15) is 0 Å². The molecule has 4 nitrogen and oxygen atoms in total. The molecule has 19 heavy (non-hydrogen) atoms. The second-order valence-corrected chi connectivity index (χ2v) is 5.13. The van der Waals surface area contributed by atoms with Crippen LogP contribution in [0.25, 0.3) is 0 Å². The largest absolute Gasteiger partial charge is 0.387 e. The van der Waals surface area contributed by atoms with Crippen LogP contribution in [0.2, 0.25) is 0 Å². The van der Waals surface area contributed by atoms with Crippen LogP contribution < -0.4 is 10.6 Å². The number of nitrogens with one attached hydrogen (secondary N) is 2. The Labute approximate surface area is 114 Å². The van der Waals surface area contributed by atoms with E-state index in [0.29, 0.717) is 12.3 Å². The third kappa shape index (κ3) is 4.65. The summed E-state index contributed by atoms with van der Waals surface area (Å²) in [6, 6.07) is 9.40. The number of carbonyl (C=O) groups excluding carboxylic acids is 1. The molecule has 3 N–H and O–H groups in total. The summed E-state index contributed by atoms with van der Waals surface area (Å²) in [5.41, 5.74) is 0.836. The highest BCUT2D eigenvalue weighted by atomic mass is 16.3.